The van der Waals surface area contributed by atoms with E-state index in [1.807, 2.05) is 42.5 Å². The highest BCUT2D eigenvalue weighted by atomic mass is 35.5. The zero-order chi connectivity index (χ0) is 16.9. The number of amides is 2. The van der Waals surface area contributed by atoms with Crippen LogP contribution in [0.4, 0.5) is 5.69 Å². The summed E-state index contributed by atoms with van der Waals surface area (Å²) in [5, 5.41) is 3.50. The molecular formula is C19H19ClN2O2. The predicted molar refractivity (Wildman–Crippen MR) is 95.0 cm³/mol. The average molecular weight is 343 g/mol. The summed E-state index contributed by atoms with van der Waals surface area (Å²) in [5.74, 6) is 0.0839. The maximum atomic E-state index is 12.1. The van der Waals surface area contributed by atoms with Crippen LogP contribution >= 0.6 is 11.6 Å². The maximum absolute atomic E-state index is 12.1. The Bertz CT molecular complexity index is 761. The molecule has 1 heterocycles. The third-order valence-electron chi connectivity index (χ3n) is 4.09. The van der Waals surface area contributed by atoms with Crippen LogP contribution in [0.1, 0.15) is 24.0 Å². The van der Waals surface area contributed by atoms with E-state index < -0.39 is 0 Å². The van der Waals surface area contributed by atoms with E-state index in [4.69, 9.17) is 11.6 Å². The standard InChI is InChI=1S/C19H19ClN2O2/c20-17-8-2-1-6-15(17)12-18(23)21-13-14-5-3-7-16(11-14)22-10-4-9-19(22)24/h1-3,5-8,11H,4,9-10,12-13H2,(H,21,23). The highest BCUT2D eigenvalue weighted by Gasteiger charge is 2.21. The van der Waals surface area contributed by atoms with Crippen molar-refractivity contribution < 1.29 is 9.59 Å². The SMILES string of the molecule is O=C(Cc1ccccc1Cl)NCc1cccc(N2CCCC2=O)c1. The van der Waals surface area contributed by atoms with Crippen LogP contribution in [-0.4, -0.2) is 18.4 Å². The van der Waals surface area contributed by atoms with Crippen LogP contribution in [0.25, 0.3) is 0 Å². The maximum Gasteiger partial charge on any atom is 0.227 e. The van der Waals surface area contributed by atoms with Gasteiger partial charge >= 0.3 is 0 Å². The zero-order valence-corrected chi connectivity index (χ0v) is 14.1. The fraction of sp³-hybridized carbons (Fsp3) is 0.263. The lowest BCUT2D eigenvalue weighted by molar-refractivity contribution is -0.120. The Balaban J connectivity index is 1.59. The molecule has 5 heteroatoms. The summed E-state index contributed by atoms with van der Waals surface area (Å²) in [6, 6.07) is 15.1. The van der Waals surface area contributed by atoms with Crippen LogP contribution in [-0.2, 0) is 22.6 Å². The Morgan fingerprint density at radius 3 is 2.75 bits per heavy atom. The lowest BCUT2D eigenvalue weighted by Crippen LogP contribution is -2.26. The van der Waals surface area contributed by atoms with Gasteiger partial charge in [-0.15, -0.1) is 0 Å². The molecule has 24 heavy (non-hydrogen) atoms. The molecule has 1 aliphatic rings. The first-order valence-corrected chi connectivity index (χ1v) is 8.41. The second-order valence-corrected chi connectivity index (χ2v) is 6.27. The minimum absolute atomic E-state index is 0.0780. The van der Waals surface area contributed by atoms with Gasteiger partial charge in [-0.3, -0.25) is 9.59 Å². The first-order valence-electron chi connectivity index (χ1n) is 8.03. The van der Waals surface area contributed by atoms with Crippen molar-refractivity contribution in [2.45, 2.75) is 25.8 Å². The summed E-state index contributed by atoms with van der Waals surface area (Å²) in [7, 11) is 0. The molecule has 3 rings (SSSR count). The Morgan fingerprint density at radius 1 is 1.17 bits per heavy atom. The molecule has 1 fully saturated rings. The molecule has 2 aromatic carbocycles. The smallest absolute Gasteiger partial charge is 0.227 e. The molecule has 0 bridgehead atoms. The molecule has 1 saturated heterocycles. The van der Waals surface area contributed by atoms with Gasteiger partial charge in [0.05, 0.1) is 6.42 Å². The van der Waals surface area contributed by atoms with E-state index in [9.17, 15) is 9.59 Å². The summed E-state index contributed by atoms with van der Waals surface area (Å²) >= 11 is 6.08. The van der Waals surface area contributed by atoms with Crippen molar-refractivity contribution in [3.8, 4) is 0 Å². The highest BCUT2D eigenvalue weighted by molar-refractivity contribution is 6.31. The molecule has 0 unspecified atom stereocenters. The third kappa shape index (κ3) is 3.95. The average Bonchev–Trinajstić information content (AvgIpc) is 3.01. The quantitative estimate of drug-likeness (QED) is 0.906. The van der Waals surface area contributed by atoms with E-state index in [0.29, 0.717) is 18.0 Å². The first-order chi connectivity index (χ1) is 11.6. The van der Waals surface area contributed by atoms with Gasteiger partial charge in [-0.2, -0.15) is 0 Å². The Morgan fingerprint density at radius 2 is 2.00 bits per heavy atom. The number of hydrogen-bond donors (Lipinski definition) is 1. The van der Waals surface area contributed by atoms with Gasteiger partial charge in [0.1, 0.15) is 0 Å². The van der Waals surface area contributed by atoms with Crippen LogP contribution in [0, 0.1) is 0 Å². The largest absolute Gasteiger partial charge is 0.352 e. The number of benzene rings is 2. The van der Waals surface area contributed by atoms with Crippen molar-refractivity contribution in [3.63, 3.8) is 0 Å². The molecule has 1 aliphatic heterocycles. The predicted octanol–water partition coefficient (Wildman–Crippen LogP) is 3.33. The monoisotopic (exact) mass is 342 g/mol. The van der Waals surface area contributed by atoms with E-state index in [-0.39, 0.29) is 18.2 Å². The summed E-state index contributed by atoms with van der Waals surface area (Å²) in [6.45, 7) is 1.19. The van der Waals surface area contributed by atoms with Crippen LogP contribution in [0.5, 0.6) is 0 Å². The molecule has 0 aromatic heterocycles. The molecule has 0 saturated carbocycles. The van der Waals surface area contributed by atoms with Crippen molar-refractivity contribution in [1.82, 2.24) is 5.32 Å². The molecule has 1 N–H and O–H groups in total. The first kappa shape index (κ1) is 16.5. The van der Waals surface area contributed by atoms with E-state index in [1.54, 1.807) is 11.0 Å². The highest BCUT2D eigenvalue weighted by Crippen LogP contribution is 2.22. The van der Waals surface area contributed by atoms with Gasteiger partial charge in [0.15, 0.2) is 0 Å². The minimum Gasteiger partial charge on any atom is -0.352 e. The molecule has 2 aromatic rings. The van der Waals surface area contributed by atoms with E-state index in [1.165, 1.54) is 0 Å². The van der Waals surface area contributed by atoms with E-state index in [0.717, 1.165) is 29.8 Å². The zero-order valence-electron chi connectivity index (χ0n) is 13.3. The van der Waals surface area contributed by atoms with Crippen LogP contribution < -0.4 is 10.2 Å². The molecule has 2 amide bonds. The Labute approximate surface area is 146 Å². The van der Waals surface area contributed by atoms with Crippen LogP contribution in [0.15, 0.2) is 48.5 Å². The second kappa shape index (κ2) is 7.49. The Kier molecular flexibility index (Phi) is 5.16. The van der Waals surface area contributed by atoms with Crippen molar-refractivity contribution in [1.29, 1.82) is 0 Å². The molecule has 0 atom stereocenters. The number of nitrogens with one attached hydrogen (secondary N) is 1. The summed E-state index contributed by atoms with van der Waals surface area (Å²) in [6.07, 6.45) is 1.76. The van der Waals surface area contributed by atoms with Gasteiger partial charge in [0.2, 0.25) is 11.8 Å². The molecule has 0 radical (unpaired) electrons. The van der Waals surface area contributed by atoms with Crippen molar-refractivity contribution >= 4 is 29.1 Å². The lowest BCUT2D eigenvalue weighted by atomic mass is 10.1. The fourth-order valence-electron chi connectivity index (χ4n) is 2.83. The van der Waals surface area contributed by atoms with Crippen LogP contribution in [0.3, 0.4) is 0 Å². The number of carbonyl (C=O) groups excluding carboxylic acids is 2. The molecule has 0 spiro atoms. The van der Waals surface area contributed by atoms with Gasteiger partial charge < -0.3 is 10.2 Å². The summed E-state index contributed by atoms with van der Waals surface area (Å²) < 4.78 is 0. The van der Waals surface area contributed by atoms with Crippen molar-refractivity contribution in [3.05, 3.63) is 64.7 Å². The van der Waals surface area contributed by atoms with Gasteiger partial charge in [-0.05, 0) is 35.7 Å². The number of nitrogens with zero attached hydrogens (tertiary/aromatic N) is 1. The number of halogens is 1. The second-order valence-electron chi connectivity index (χ2n) is 5.86. The lowest BCUT2D eigenvalue weighted by Gasteiger charge is -2.16. The van der Waals surface area contributed by atoms with Gasteiger partial charge in [-0.25, -0.2) is 0 Å². The topological polar surface area (TPSA) is 49.4 Å². The van der Waals surface area contributed by atoms with E-state index >= 15 is 0 Å². The number of anilines is 1. The molecule has 4 nitrogen and oxygen atoms in total. The minimum atomic E-state index is -0.0780. The Hall–Kier alpha value is -2.33. The van der Waals surface area contributed by atoms with Gasteiger partial charge in [0, 0.05) is 30.2 Å². The fourth-order valence-corrected chi connectivity index (χ4v) is 3.04. The summed E-state index contributed by atoms with van der Waals surface area (Å²) in [5.41, 5.74) is 2.68. The molecule has 0 aliphatic carbocycles. The van der Waals surface area contributed by atoms with Gasteiger partial charge in [-0.1, -0.05) is 41.9 Å². The molecular weight excluding hydrogens is 324 g/mol. The summed E-state index contributed by atoms with van der Waals surface area (Å²) in [4.78, 5) is 25.7. The number of carbonyl (C=O) groups is 2. The third-order valence-corrected chi connectivity index (χ3v) is 4.46. The number of hydrogen-bond acceptors (Lipinski definition) is 2. The normalized spacial score (nSPS) is 14.0. The van der Waals surface area contributed by atoms with Crippen molar-refractivity contribution in [2.24, 2.45) is 0 Å². The number of rotatable bonds is 5. The molecule has 124 valence electrons. The van der Waals surface area contributed by atoms with Crippen LogP contribution in [0.2, 0.25) is 5.02 Å². The van der Waals surface area contributed by atoms with E-state index in [2.05, 4.69) is 5.32 Å². The van der Waals surface area contributed by atoms with Crippen molar-refractivity contribution in [2.75, 3.05) is 11.4 Å². The van der Waals surface area contributed by atoms with Gasteiger partial charge in [0.25, 0.3) is 0 Å².